The van der Waals surface area contributed by atoms with Gasteiger partial charge in [0.1, 0.15) is 0 Å². The summed E-state index contributed by atoms with van der Waals surface area (Å²) in [7, 11) is 3.62. The van der Waals surface area contributed by atoms with E-state index in [0.717, 1.165) is 50.2 Å². The number of benzene rings is 7. The van der Waals surface area contributed by atoms with Crippen LogP contribution >= 0.6 is 0 Å². The molecule has 228 valence electrons. The molecule has 2 heterocycles. The van der Waals surface area contributed by atoms with Crippen molar-refractivity contribution in [1.82, 2.24) is 19.1 Å². The molecule has 0 bridgehead atoms. The zero-order chi connectivity index (χ0) is 32.4. The molecule has 0 unspecified atom stereocenters. The first-order valence-electron chi connectivity index (χ1n) is 16.1. The van der Waals surface area contributed by atoms with Gasteiger partial charge in [0.25, 0.3) is 0 Å². The lowest BCUT2D eigenvalue weighted by Crippen LogP contribution is -2.19. The molecular formula is C43H30N4O. The maximum Gasteiger partial charge on any atom is 0.328 e. The summed E-state index contributed by atoms with van der Waals surface area (Å²) in [5.74, 6) is 0.688. The lowest BCUT2D eigenvalue weighted by molar-refractivity contribution is 0.795. The second kappa shape index (κ2) is 10.9. The Hall–Kier alpha value is -6.33. The molecule has 0 atom stereocenters. The molecule has 0 amide bonds. The molecule has 0 N–H and O–H groups in total. The van der Waals surface area contributed by atoms with Crippen molar-refractivity contribution in [2.75, 3.05) is 0 Å². The molecule has 0 spiro atoms. The molecule has 7 aromatic carbocycles. The average Bonchev–Trinajstić information content (AvgIpc) is 3.37. The molecule has 0 saturated carbocycles. The first-order valence-corrected chi connectivity index (χ1v) is 16.1. The molecule has 48 heavy (non-hydrogen) atoms. The molecular weight excluding hydrogens is 589 g/mol. The zero-order valence-electron chi connectivity index (χ0n) is 26.6. The van der Waals surface area contributed by atoms with Gasteiger partial charge in [0.2, 0.25) is 0 Å². The summed E-state index contributed by atoms with van der Waals surface area (Å²) >= 11 is 0. The second-order valence-corrected chi connectivity index (χ2v) is 12.4. The number of rotatable bonds is 4. The number of hydrogen-bond acceptors (Lipinski definition) is 3. The Balaban J connectivity index is 1.14. The minimum atomic E-state index is -0.0281. The molecule has 0 radical (unpaired) electrons. The fraction of sp³-hybridized carbons (Fsp3) is 0.0465. The van der Waals surface area contributed by atoms with Crippen molar-refractivity contribution in [3.8, 4) is 45.0 Å². The molecule has 0 aliphatic heterocycles. The predicted molar refractivity (Wildman–Crippen MR) is 198 cm³/mol. The summed E-state index contributed by atoms with van der Waals surface area (Å²) in [6, 6.07) is 50.9. The van der Waals surface area contributed by atoms with Gasteiger partial charge >= 0.3 is 5.69 Å². The van der Waals surface area contributed by atoms with Gasteiger partial charge in [-0.25, -0.2) is 14.8 Å². The number of aromatic nitrogens is 4. The van der Waals surface area contributed by atoms with Gasteiger partial charge in [-0.2, -0.15) is 0 Å². The van der Waals surface area contributed by atoms with Crippen LogP contribution in [0.3, 0.4) is 0 Å². The summed E-state index contributed by atoms with van der Waals surface area (Å²) in [5, 5.41) is 7.43. The van der Waals surface area contributed by atoms with E-state index < -0.39 is 0 Å². The van der Waals surface area contributed by atoms with Gasteiger partial charge in [0.15, 0.2) is 5.82 Å². The van der Waals surface area contributed by atoms with Crippen LogP contribution in [0.5, 0.6) is 0 Å². The first kappa shape index (κ1) is 27.9. The highest BCUT2D eigenvalue weighted by Gasteiger charge is 2.14. The maximum absolute atomic E-state index is 12.5. The van der Waals surface area contributed by atoms with Crippen LogP contribution in [0.25, 0.3) is 88.4 Å². The van der Waals surface area contributed by atoms with E-state index in [1.54, 1.807) is 16.2 Å². The van der Waals surface area contributed by atoms with Crippen LogP contribution < -0.4 is 5.69 Å². The van der Waals surface area contributed by atoms with Crippen molar-refractivity contribution in [3.05, 3.63) is 156 Å². The van der Waals surface area contributed by atoms with E-state index in [1.807, 2.05) is 31.3 Å². The van der Waals surface area contributed by atoms with E-state index in [4.69, 9.17) is 9.97 Å². The summed E-state index contributed by atoms with van der Waals surface area (Å²) < 4.78 is 3.37. The Labute approximate surface area is 277 Å². The highest BCUT2D eigenvalue weighted by molar-refractivity contribution is 6.17. The maximum atomic E-state index is 12.5. The number of hydrogen-bond donors (Lipinski definition) is 0. The number of fused-ring (bicyclic) bond motifs is 6. The topological polar surface area (TPSA) is 52.7 Å². The Bertz CT molecular complexity index is 2760. The Morgan fingerprint density at radius 2 is 1.00 bits per heavy atom. The summed E-state index contributed by atoms with van der Waals surface area (Å²) in [6.45, 7) is 0. The largest absolute Gasteiger partial charge is 0.328 e. The van der Waals surface area contributed by atoms with Gasteiger partial charge < -0.3 is 0 Å². The zero-order valence-corrected chi connectivity index (χ0v) is 26.6. The van der Waals surface area contributed by atoms with Crippen LogP contribution in [0.2, 0.25) is 0 Å². The van der Waals surface area contributed by atoms with Crippen LogP contribution in [0.1, 0.15) is 0 Å². The van der Waals surface area contributed by atoms with Crippen molar-refractivity contribution in [2.45, 2.75) is 0 Å². The number of imidazole rings is 1. The minimum absolute atomic E-state index is 0.0281. The van der Waals surface area contributed by atoms with Crippen molar-refractivity contribution in [2.24, 2.45) is 14.1 Å². The molecule has 5 heteroatoms. The van der Waals surface area contributed by atoms with Crippen LogP contribution in [-0.4, -0.2) is 19.1 Å². The van der Waals surface area contributed by atoms with Crippen LogP contribution in [-0.2, 0) is 14.1 Å². The standard InChI is InChI=1S/C43H30N4O/c1-46-40-23-19-31(25-41(40)47(2)43(46)48)27-12-14-29(15-13-27)38-26-39(45-42(44-38)30-9-4-3-5-10-30)33-18-20-35-32(24-33)17-22-36-34-11-7-6-8-28(34)16-21-37(35)36/h3-26H,1-2H3. The normalized spacial score (nSPS) is 11.6. The van der Waals surface area contributed by atoms with Crippen LogP contribution in [0.4, 0.5) is 0 Å². The summed E-state index contributed by atoms with van der Waals surface area (Å²) in [6.07, 6.45) is 0. The minimum Gasteiger partial charge on any atom is -0.295 e. The third kappa shape index (κ3) is 4.51. The molecule has 0 saturated heterocycles. The Kier molecular flexibility index (Phi) is 6.34. The molecule has 2 aromatic heterocycles. The molecule has 0 fully saturated rings. The van der Waals surface area contributed by atoms with E-state index in [-0.39, 0.29) is 5.69 Å². The summed E-state index contributed by atoms with van der Waals surface area (Å²) in [4.78, 5) is 22.6. The van der Waals surface area contributed by atoms with Crippen molar-refractivity contribution in [3.63, 3.8) is 0 Å². The van der Waals surface area contributed by atoms with E-state index in [2.05, 4.69) is 121 Å². The highest BCUT2D eigenvalue weighted by atomic mass is 16.1. The number of nitrogens with zero attached hydrogens (tertiary/aromatic N) is 4. The predicted octanol–water partition coefficient (Wildman–Crippen LogP) is 9.79. The lowest BCUT2D eigenvalue weighted by Gasteiger charge is -2.12. The fourth-order valence-electron chi connectivity index (χ4n) is 6.97. The van der Waals surface area contributed by atoms with E-state index in [9.17, 15) is 4.79 Å². The smallest absolute Gasteiger partial charge is 0.295 e. The van der Waals surface area contributed by atoms with Crippen LogP contribution in [0, 0.1) is 0 Å². The summed E-state index contributed by atoms with van der Waals surface area (Å²) in [5.41, 5.74) is 8.68. The van der Waals surface area contributed by atoms with Crippen LogP contribution in [0.15, 0.2) is 150 Å². The molecule has 0 aliphatic carbocycles. The SMILES string of the molecule is Cn1c(=O)n(C)c2cc(-c3ccc(-c4cc(-c5ccc6c(ccc7c8ccccc8ccc67)c5)nc(-c5ccccc5)n4)cc3)ccc21. The van der Waals surface area contributed by atoms with Gasteiger partial charge in [-0.3, -0.25) is 9.13 Å². The number of aryl methyl sites for hydroxylation is 2. The van der Waals surface area contributed by atoms with Gasteiger partial charge in [0.05, 0.1) is 22.4 Å². The van der Waals surface area contributed by atoms with Crippen molar-refractivity contribution >= 4 is 43.4 Å². The Morgan fingerprint density at radius 1 is 0.417 bits per heavy atom. The molecule has 9 rings (SSSR count). The highest BCUT2D eigenvalue weighted by Crippen LogP contribution is 2.35. The van der Waals surface area contributed by atoms with Crippen molar-refractivity contribution in [1.29, 1.82) is 0 Å². The first-order chi connectivity index (χ1) is 23.5. The monoisotopic (exact) mass is 618 g/mol. The lowest BCUT2D eigenvalue weighted by atomic mass is 9.95. The van der Waals surface area contributed by atoms with Gasteiger partial charge in [-0.15, -0.1) is 0 Å². The third-order valence-electron chi connectivity index (χ3n) is 9.58. The van der Waals surface area contributed by atoms with Gasteiger partial charge in [0, 0.05) is 30.8 Å². The third-order valence-corrected chi connectivity index (χ3v) is 9.58. The molecule has 0 aliphatic rings. The Morgan fingerprint density at radius 3 is 1.79 bits per heavy atom. The van der Waals surface area contributed by atoms with Gasteiger partial charge in [-0.05, 0) is 67.7 Å². The van der Waals surface area contributed by atoms with E-state index in [1.165, 1.54) is 32.3 Å². The van der Waals surface area contributed by atoms with E-state index >= 15 is 0 Å². The average molecular weight is 619 g/mol. The molecule has 5 nitrogen and oxygen atoms in total. The quantitative estimate of drug-likeness (QED) is 0.185. The second-order valence-electron chi connectivity index (χ2n) is 12.4. The fourth-order valence-corrected chi connectivity index (χ4v) is 6.97. The molecule has 9 aromatic rings. The van der Waals surface area contributed by atoms with Crippen molar-refractivity contribution < 1.29 is 0 Å². The van der Waals surface area contributed by atoms with E-state index in [0.29, 0.717) is 5.82 Å². The van der Waals surface area contributed by atoms with Gasteiger partial charge in [-0.1, -0.05) is 121 Å².